The Morgan fingerprint density at radius 2 is 1.90 bits per heavy atom. The van der Waals surface area contributed by atoms with E-state index in [4.69, 9.17) is 9.47 Å². The van der Waals surface area contributed by atoms with Gasteiger partial charge < -0.3 is 9.47 Å². The van der Waals surface area contributed by atoms with Crippen LogP contribution in [0.5, 0.6) is 11.5 Å². The van der Waals surface area contributed by atoms with Crippen LogP contribution in [0.15, 0.2) is 42.5 Å². The minimum Gasteiger partial charge on any atom is -0.462 e. The molecule has 21 heavy (non-hydrogen) atoms. The van der Waals surface area contributed by atoms with Gasteiger partial charge in [-0.25, -0.2) is 4.79 Å². The summed E-state index contributed by atoms with van der Waals surface area (Å²) in [6.45, 7) is 4.47. The second-order valence-electron chi connectivity index (χ2n) is 5.66. The van der Waals surface area contributed by atoms with Crippen molar-refractivity contribution in [3.63, 3.8) is 0 Å². The van der Waals surface area contributed by atoms with Gasteiger partial charge in [0.2, 0.25) is 0 Å². The molecule has 0 spiro atoms. The Morgan fingerprint density at radius 1 is 1.14 bits per heavy atom. The molecular formula is C18H18O3. The molecule has 0 saturated carbocycles. The molecule has 2 aromatic rings. The van der Waals surface area contributed by atoms with E-state index in [1.807, 2.05) is 50.2 Å². The highest BCUT2D eigenvalue weighted by atomic mass is 16.5. The first-order valence-corrected chi connectivity index (χ1v) is 7.20. The molecule has 0 saturated heterocycles. The maximum Gasteiger partial charge on any atom is 0.338 e. The predicted octanol–water partition coefficient (Wildman–Crippen LogP) is 4.20. The van der Waals surface area contributed by atoms with Crippen molar-refractivity contribution in [2.45, 2.75) is 20.3 Å². The van der Waals surface area contributed by atoms with Gasteiger partial charge in [0, 0.05) is 12.0 Å². The number of para-hydroxylation sites is 1. The number of ether oxygens (including phenoxy) is 2. The minimum atomic E-state index is -0.275. The van der Waals surface area contributed by atoms with E-state index >= 15 is 0 Å². The Morgan fingerprint density at radius 3 is 2.71 bits per heavy atom. The van der Waals surface area contributed by atoms with Gasteiger partial charge >= 0.3 is 5.97 Å². The van der Waals surface area contributed by atoms with Crippen LogP contribution < -0.4 is 4.74 Å². The van der Waals surface area contributed by atoms with Crippen molar-refractivity contribution in [2.75, 3.05) is 6.61 Å². The molecule has 3 heteroatoms. The predicted molar refractivity (Wildman–Crippen MR) is 80.9 cm³/mol. The van der Waals surface area contributed by atoms with Crippen molar-refractivity contribution in [3.05, 3.63) is 59.2 Å². The van der Waals surface area contributed by atoms with E-state index in [-0.39, 0.29) is 5.97 Å². The van der Waals surface area contributed by atoms with Crippen molar-refractivity contribution < 1.29 is 14.3 Å². The summed E-state index contributed by atoms with van der Waals surface area (Å²) in [5, 5.41) is 0. The lowest BCUT2D eigenvalue weighted by atomic mass is 9.96. The summed E-state index contributed by atoms with van der Waals surface area (Å²) in [6.07, 6.45) is 0.693. The van der Waals surface area contributed by atoms with Crippen LogP contribution in [0, 0.1) is 5.92 Å². The van der Waals surface area contributed by atoms with Crippen LogP contribution in [0.25, 0.3) is 0 Å². The number of benzene rings is 2. The van der Waals surface area contributed by atoms with Crippen molar-refractivity contribution in [1.29, 1.82) is 0 Å². The fraction of sp³-hybridized carbons (Fsp3) is 0.278. The van der Waals surface area contributed by atoms with E-state index in [2.05, 4.69) is 0 Å². The summed E-state index contributed by atoms with van der Waals surface area (Å²) < 4.78 is 11.2. The highest BCUT2D eigenvalue weighted by Gasteiger charge is 2.23. The zero-order valence-electron chi connectivity index (χ0n) is 12.3. The highest BCUT2D eigenvalue weighted by Crippen LogP contribution is 2.37. The Labute approximate surface area is 124 Å². The van der Waals surface area contributed by atoms with E-state index in [1.54, 1.807) is 6.07 Å². The maximum atomic E-state index is 12.3. The Hall–Kier alpha value is -2.29. The zero-order chi connectivity index (χ0) is 14.8. The van der Waals surface area contributed by atoms with Gasteiger partial charge in [-0.05, 0) is 29.7 Å². The van der Waals surface area contributed by atoms with E-state index in [9.17, 15) is 4.79 Å². The molecular weight excluding hydrogens is 264 g/mol. The van der Waals surface area contributed by atoms with Gasteiger partial charge in [0.05, 0.1) is 12.2 Å². The monoisotopic (exact) mass is 282 g/mol. The first-order valence-electron chi connectivity index (χ1n) is 7.20. The van der Waals surface area contributed by atoms with Crippen LogP contribution in [0.3, 0.4) is 0 Å². The highest BCUT2D eigenvalue weighted by molar-refractivity contribution is 5.92. The van der Waals surface area contributed by atoms with Gasteiger partial charge in [-0.3, -0.25) is 0 Å². The summed E-state index contributed by atoms with van der Waals surface area (Å²) in [5.41, 5.74) is 2.60. The van der Waals surface area contributed by atoms with E-state index in [0.717, 1.165) is 22.6 Å². The van der Waals surface area contributed by atoms with Gasteiger partial charge in [-0.15, -0.1) is 0 Å². The summed E-state index contributed by atoms with van der Waals surface area (Å²) in [7, 11) is 0. The molecule has 0 aliphatic carbocycles. The molecule has 108 valence electrons. The largest absolute Gasteiger partial charge is 0.462 e. The third-order valence-electron chi connectivity index (χ3n) is 3.46. The quantitative estimate of drug-likeness (QED) is 0.675. The SMILES string of the molecule is CC(C)COC(=O)c1cccc2c1Cc1ccccc1O2. The third-order valence-corrected chi connectivity index (χ3v) is 3.46. The molecule has 0 radical (unpaired) electrons. The average Bonchev–Trinajstić information content (AvgIpc) is 2.50. The molecule has 3 rings (SSSR count). The molecule has 1 heterocycles. The summed E-state index contributed by atoms with van der Waals surface area (Å²) >= 11 is 0. The number of fused-ring (bicyclic) bond motifs is 2. The molecule has 0 unspecified atom stereocenters. The summed E-state index contributed by atoms with van der Waals surface area (Å²) in [4.78, 5) is 12.3. The minimum absolute atomic E-state index is 0.275. The van der Waals surface area contributed by atoms with E-state index in [0.29, 0.717) is 24.5 Å². The lowest BCUT2D eigenvalue weighted by molar-refractivity contribution is 0.0457. The molecule has 0 bridgehead atoms. The van der Waals surface area contributed by atoms with Crippen molar-refractivity contribution in [1.82, 2.24) is 0 Å². The van der Waals surface area contributed by atoms with Crippen LogP contribution in [0.4, 0.5) is 0 Å². The molecule has 2 aromatic carbocycles. The van der Waals surface area contributed by atoms with Crippen LogP contribution in [0.2, 0.25) is 0 Å². The molecule has 0 amide bonds. The average molecular weight is 282 g/mol. The first kappa shape index (κ1) is 13.7. The van der Waals surface area contributed by atoms with E-state index in [1.165, 1.54) is 0 Å². The summed E-state index contributed by atoms with van der Waals surface area (Å²) in [6, 6.07) is 13.4. The van der Waals surface area contributed by atoms with Crippen LogP contribution in [-0.4, -0.2) is 12.6 Å². The number of hydrogen-bond donors (Lipinski definition) is 0. The van der Waals surface area contributed by atoms with Crippen molar-refractivity contribution in [2.24, 2.45) is 5.92 Å². The van der Waals surface area contributed by atoms with Gasteiger partial charge in [-0.1, -0.05) is 38.1 Å². The fourth-order valence-corrected chi connectivity index (χ4v) is 2.41. The number of rotatable bonds is 3. The molecule has 0 atom stereocenters. The van der Waals surface area contributed by atoms with Gasteiger partial charge in [0.1, 0.15) is 11.5 Å². The third kappa shape index (κ3) is 2.77. The molecule has 3 nitrogen and oxygen atoms in total. The Kier molecular flexibility index (Phi) is 3.65. The van der Waals surface area contributed by atoms with E-state index < -0.39 is 0 Å². The maximum absolute atomic E-state index is 12.3. The molecule has 0 aromatic heterocycles. The molecule has 0 N–H and O–H groups in total. The molecule has 1 aliphatic heterocycles. The number of esters is 1. The first-order chi connectivity index (χ1) is 10.1. The number of hydrogen-bond acceptors (Lipinski definition) is 3. The topological polar surface area (TPSA) is 35.5 Å². The van der Waals surface area contributed by atoms with Crippen molar-refractivity contribution in [3.8, 4) is 11.5 Å². The standard InChI is InChI=1S/C18H18O3/c1-12(2)11-20-18(19)14-7-5-9-17-15(14)10-13-6-3-4-8-16(13)21-17/h3-9,12H,10-11H2,1-2H3. The van der Waals surface area contributed by atoms with Crippen LogP contribution in [0.1, 0.15) is 35.3 Å². The lowest BCUT2D eigenvalue weighted by Gasteiger charge is -2.22. The fourth-order valence-electron chi connectivity index (χ4n) is 2.41. The zero-order valence-corrected chi connectivity index (χ0v) is 12.3. The lowest BCUT2D eigenvalue weighted by Crippen LogP contribution is -2.14. The van der Waals surface area contributed by atoms with Crippen LogP contribution in [-0.2, 0) is 11.2 Å². The second kappa shape index (κ2) is 5.60. The molecule has 0 fully saturated rings. The van der Waals surface area contributed by atoms with Crippen LogP contribution >= 0.6 is 0 Å². The van der Waals surface area contributed by atoms with Crippen molar-refractivity contribution >= 4 is 5.97 Å². The number of carbonyl (C=O) groups excluding carboxylic acids is 1. The smallest absolute Gasteiger partial charge is 0.338 e. The Balaban J connectivity index is 1.91. The Bertz CT molecular complexity index is 674. The second-order valence-corrected chi connectivity index (χ2v) is 5.66. The summed E-state index contributed by atoms with van der Waals surface area (Å²) in [5.74, 6) is 1.65. The molecule has 1 aliphatic rings. The number of carbonyl (C=O) groups is 1. The van der Waals surface area contributed by atoms with Gasteiger partial charge in [0.25, 0.3) is 0 Å². The normalized spacial score (nSPS) is 12.3. The van der Waals surface area contributed by atoms with Gasteiger partial charge in [0.15, 0.2) is 0 Å². The van der Waals surface area contributed by atoms with Gasteiger partial charge in [-0.2, -0.15) is 0 Å².